The topological polar surface area (TPSA) is 58.5 Å². The lowest BCUT2D eigenvalue weighted by atomic mass is 10.2. The van der Waals surface area contributed by atoms with Gasteiger partial charge in [0.25, 0.3) is 0 Å². The van der Waals surface area contributed by atoms with Gasteiger partial charge in [0, 0.05) is 45.5 Å². The number of hydrogen-bond donors (Lipinski definition) is 2. The Labute approximate surface area is 236 Å². The van der Waals surface area contributed by atoms with Crippen molar-refractivity contribution in [1.29, 1.82) is 0 Å². The third-order valence-corrected chi connectivity index (χ3v) is 6.36. The van der Waals surface area contributed by atoms with E-state index in [1.54, 1.807) is 0 Å². The molecule has 0 aliphatic carbocycles. The highest BCUT2D eigenvalue weighted by Crippen LogP contribution is 2.35. The van der Waals surface area contributed by atoms with Gasteiger partial charge in [0.1, 0.15) is 0 Å². The van der Waals surface area contributed by atoms with Crippen LogP contribution in [0.5, 0.6) is 0 Å². The van der Waals surface area contributed by atoms with Crippen molar-refractivity contribution >= 4 is 45.5 Å². The van der Waals surface area contributed by atoms with Gasteiger partial charge in [-0.3, -0.25) is 0 Å². The van der Waals surface area contributed by atoms with Crippen LogP contribution in [-0.4, -0.2) is 0 Å². The van der Waals surface area contributed by atoms with Gasteiger partial charge in [0.2, 0.25) is 0 Å². The third-order valence-electron chi connectivity index (χ3n) is 6.36. The molecule has 4 nitrogen and oxygen atoms in total. The zero-order chi connectivity index (χ0) is 27.6. The summed E-state index contributed by atoms with van der Waals surface area (Å²) in [6.07, 6.45) is 0. The minimum Gasteiger partial charge on any atom is -0.399 e. The molecule has 4 heteroatoms. The van der Waals surface area contributed by atoms with E-state index in [4.69, 9.17) is 11.5 Å². The molecule has 0 aliphatic heterocycles. The third kappa shape index (κ3) is 6.50. The second-order valence-corrected chi connectivity index (χ2v) is 9.20. The maximum atomic E-state index is 5.79. The molecule has 0 aliphatic rings. The van der Waals surface area contributed by atoms with E-state index >= 15 is 0 Å². The second kappa shape index (κ2) is 12.9. The Morgan fingerprint density at radius 2 is 0.450 bits per heavy atom. The van der Waals surface area contributed by atoms with Crippen molar-refractivity contribution in [2.24, 2.45) is 0 Å². The number of nitrogens with zero attached hydrogens (tertiary/aromatic N) is 2. The Morgan fingerprint density at radius 3 is 0.675 bits per heavy atom. The Kier molecular flexibility index (Phi) is 8.40. The van der Waals surface area contributed by atoms with Gasteiger partial charge in [-0.1, -0.05) is 72.8 Å². The Hall–Kier alpha value is -5.48. The predicted molar refractivity (Wildman–Crippen MR) is 171 cm³/mol. The summed E-state index contributed by atoms with van der Waals surface area (Å²) in [6, 6.07) is 57.1. The molecule has 6 rings (SSSR count). The monoisotopic (exact) mass is 520 g/mol. The molecule has 0 spiro atoms. The molecule has 196 valence electrons. The van der Waals surface area contributed by atoms with E-state index in [1.165, 1.54) is 0 Å². The molecule has 0 aromatic heterocycles. The van der Waals surface area contributed by atoms with Crippen LogP contribution in [0.4, 0.5) is 45.5 Å². The number of nitrogens with two attached hydrogens (primary N) is 2. The van der Waals surface area contributed by atoms with Crippen LogP contribution >= 0.6 is 0 Å². The highest BCUT2D eigenvalue weighted by atomic mass is 15.1. The largest absolute Gasteiger partial charge is 0.399 e. The predicted octanol–water partition coefficient (Wildman–Crippen LogP) is 9.48. The molecule has 0 fully saturated rings. The Bertz CT molecular complexity index is 1370. The SMILES string of the molecule is Nc1ccc(N(c2ccccc2)c2ccccc2)cc1.Nc1ccc(N(c2ccccc2)c2ccccc2)cc1. The molecule has 6 aromatic carbocycles. The van der Waals surface area contributed by atoms with Crippen molar-refractivity contribution < 1.29 is 0 Å². The molecule has 0 saturated heterocycles. The molecule has 40 heavy (non-hydrogen) atoms. The zero-order valence-electron chi connectivity index (χ0n) is 22.2. The van der Waals surface area contributed by atoms with Crippen molar-refractivity contribution in [2.45, 2.75) is 0 Å². The van der Waals surface area contributed by atoms with Crippen molar-refractivity contribution in [2.75, 3.05) is 21.3 Å². The number of benzene rings is 6. The van der Waals surface area contributed by atoms with Crippen molar-refractivity contribution in [3.8, 4) is 0 Å². The van der Waals surface area contributed by atoms with Crippen molar-refractivity contribution in [3.63, 3.8) is 0 Å². The summed E-state index contributed by atoms with van der Waals surface area (Å²) in [6.45, 7) is 0. The van der Waals surface area contributed by atoms with E-state index in [0.29, 0.717) is 0 Å². The molecule has 0 heterocycles. The van der Waals surface area contributed by atoms with Gasteiger partial charge >= 0.3 is 0 Å². The first-order valence-electron chi connectivity index (χ1n) is 13.2. The number of hydrogen-bond acceptors (Lipinski definition) is 4. The van der Waals surface area contributed by atoms with Gasteiger partial charge in [-0.15, -0.1) is 0 Å². The van der Waals surface area contributed by atoms with Crippen LogP contribution in [0.25, 0.3) is 0 Å². The Morgan fingerprint density at radius 1 is 0.250 bits per heavy atom. The van der Waals surface area contributed by atoms with Crippen LogP contribution in [0.1, 0.15) is 0 Å². The molecule has 0 atom stereocenters. The molecule has 0 radical (unpaired) electrons. The lowest BCUT2D eigenvalue weighted by Gasteiger charge is -2.25. The van der Waals surface area contributed by atoms with Gasteiger partial charge in [0.05, 0.1) is 0 Å². The molecule has 0 bridgehead atoms. The van der Waals surface area contributed by atoms with Crippen LogP contribution in [0.15, 0.2) is 170 Å². The van der Waals surface area contributed by atoms with Crippen LogP contribution in [0.3, 0.4) is 0 Å². The number of anilines is 8. The van der Waals surface area contributed by atoms with Gasteiger partial charge in [-0.25, -0.2) is 0 Å². The van der Waals surface area contributed by atoms with E-state index < -0.39 is 0 Å². The summed E-state index contributed by atoms with van der Waals surface area (Å²) in [4.78, 5) is 4.42. The maximum Gasteiger partial charge on any atom is 0.0463 e. The van der Waals surface area contributed by atoms with Gasteiger partial charge in [-0.05, 0) is 97.1 Å². The quantitative estimate of drug-likeness (QED) is 0.215. The molecule has 6 aromatic rings. The van der Waals surface area contributed by atoms with E-state index in [9.17, 15) is 0 Å². The first-order valence-corrected chi connectivity index (χ1v) is 13.2. The minimum atomic E-state index is 0.773. The minimum absolute atomic E-state index is 0.773. The van der Waals surface area contributed by atoms with Crippen LogP contribution in [0.2, 0.25) is 0 Å². The van der Waals surface area contributed by atoms with E-state index in [0.717, 1.165) is 45.5 Å². The first kappa shape index (κ1) is 26.1. The average Bonchev–Trinajstić information content (AvgIpc) is 3.02. The number of rotatable bonds is 6. The fourth-order valence-electron chi connectivity index (χ4n) is 4.45. The smallest absolute Gasteiger partial charge is 0.0463 e. The molecule has 0 saturated carbocycles. The number of para-hydroxylation sites is 4. The molecule has 0 unspecified atom stereocenters. The highest BCUT2D eigenvalue weighted by Gasteiger charge is 2.12. The average molecular weight is 521 g/mol. The summed E-state index contributed by atoms with van der Waals surface area (Å²) in [7, 11) is 0. The fourth-order valence-corrected chi connectivity index (χ4v) is 4.45. The lowest BCUT2D eigenvalue weighted by Crippen LogP contribution is -2.09. The first-order chi connectivity index (χ1) is 19.7. The summed E-state index contributed by atoms with van der Waals surface area (Å²) in [5, 5.41) is 0. The summed E-state index contributed by atoms with van der Waals surface area (Å²) >= 11 is 0. The molecule has 4 N–H and O–H groups in total. The van der Waals surface area contributed by atoms with E-state index in [1.807, 2.05) is 121 Å². The summed E-state index contributed by atoms with van der Waals surface area (Å²) < 4.78 is 0. The number of nitrogen functional groups attached to an aromatic ring is 2. The van der Waals surface area contributed by atoms with Gasteiger partial charge in [0.15, 0.2) is 0 Å². The van der Waals surface area contributed by atoms with Crippen molar-refractivity contribution in [1.82, 2.24) is 0 Å². The molecule has 0 amide bonds. The van der Waals surface area contributed by atoms with E-state index in [-0.39, 0.29) is 0 Å². The Balaban J connectivity index is 0.000000161. The zero-order valence-corrected chi connectivity index (χ0v) is 22.2. The van der Waals surface area contributed by atoms with Crippen LogP contribution in [0, 0.1) is 0 Å². The summed E-state index contributed by atoms with van der Waals surface area (Å²) in [5.41, 5.74) is 19.8. The van der Waals surface area contributed by atoms with Gasteiger partial charge < -0.3 is 21.3 Å². The summed E-state index contributed by atoms with van der Waals surface area (Å²) in [5.74, 6) is 0. The van der Waals surface area contributed by atoms with Crippen LogP contribution in [-0.2, 0) is 0 Å². The normalized spacial score (nSPS) is 10.2. The van der Waals surface area contributed by atoms with Crippen molar-refractivity contribution in [3.05, 3.63) is 170 Å². The maximum absolute atomic E-state index is 5.79. The molecular formula is C36H32N4. The van der Waals surface area contributed by atoms with E-state index in [2.05, 4.69) is 58.3 Å². The highest BCUT2D eigenvalue weighted by molar-refractivity contribution is 5.78. The molecular weight excluding hydrogens is 488 g/mol. The fraction of sp³-hybridized carbons (Fsp3) is 0. The lowest BCUT2D eigenvalue weighted by molar-refractivity contribution is 1.28. The second-order valence-electron chi connectivity index (χ2n) is 9.20. The standard InChI is InChI=1S/2C18H16N2/c2*19-15-11-13-18(14-12-15)20(16-7-3-1-4-8-16)17-9-5-2-6-10-17/h2*1-14H,19H2. The van der Waals surface area contributed by atoms with Crippen LogP contribution < -0.4 is 21.3 Å². The van der Waals surface area contributed by atoms with Gasteiger partial charge in [-0.2, -0.15) is 0 Å².